The third-order valence-electron chi connectivity index (χ3n) is 6.26. The van der Waals surface area contributed by atoms with Crippen LogP contribution in [0.2, 0.25) is 0 Å². The van der Waals surface area contributed by atoms with Crippen LogP contribution in [0.5, 0.6) is 0 Å². The van der Waals surface area contributed by atoms with Crippen molar-refractivity contribution in [1.29, 1.82) is 0 Å². The molecule has 0 aromatic carbocycles. The maximum absolute atomic E-state index is 2.84. The van der Waals surface area contributed by atoms with Gasteiger partial charge in [0.1, 0.15) is 0 Å². The Hall–Kier alpha value is 0. The predicted octanol–water partition coefficient (Wildman–Crippen LogP) is 10.3. The van der Waals surface area contributed by atoms with Crippen LogP contribution in [-0.4, -0.2) is 0 Å². The largest absolute Gasteiger partial charge is 0.0654 e. The van der Waals surface area contributed by atoms with Crippen molar-refractivity contribution in [3.8, 4) is 0 Å². The van der Waals surface area contributed by atoms with Gasteiger partial charge in [0.2, 0.25) is 0 Å². The topological polar surface area (TPSA) is 0 Å². The van der Waals surface area contributed by atoms with Gasteiger partial charge in [-0.1, -0.05) is 156 Å². The molecular formula is C27H55. The van der Waals surface area contributed by atoms with Crippen LogP contribution in [0.1, 0.15) is 156 Å². The molecule has 0 aromatic heterocycles. The van der Waals surface area contributed by atoms with E-state index >= 15 is 0 Å². The molecule has 163 valence electrons. The number of unbranched alkanes of at least 4 members (excludes halogenated alkanes) is 12. The van der Waals surface area contributed by atoms with Gasteiger partial charge in [-0.2, -0.15) is 0 Å². The molecule has 0 saturated carbocycles. The van der Waals surface area contributed by atoms with Crippen LogP contribution in [0, 0.1) is 18.3 Å². The lowest BCUT2D eigenvalue weighted by atomic mass is 9.82. The zero-order valence-corrected chi connectivity index (χ0v) is 19.9. The summed E-state index contributed by atoms with van der Waals surface area (Å²) in [4.78, 5) is 0. The van der Waals surface area contributed by atoms with Crippen LogP contribution in [0.3, 0.4) is 0 Å². The highest BCUT2D eigenvalue weighted by atomic mass is 14.2. The molecule has 0 aromatic rings. The second kappa shape index (κ2) is 22.3. The number of hydrogen-bond donors (Lipinski definition) is 0. The monoisotopic (exact) mass is 379 g/mol. The Morgan fingerprint density at radius 2 is 0.667 bits per heavy atom. The average molecular weight is 380 g/mol. The summed E-state index contributed by atoms with van der Waals surface area (Å²) in [5, 5.41) is 0. The molecule has 0 aliphatic carbocycles. The van der Waals surface area contributed by atoms with E-state index < -0.39 is 0 Å². The molecule has 0 amide bonds. The van der Waals surface area contributed by atoms with Crippen LogP contribution in [-0.2, 0) is 0 Å². The molecule has 0 fully saturated rings. The molecule has 2 atom stereocenters. The quantitative estimate of drug-likeness (QED) is 0.164. The van der Waals surface area contributed by atoms with Gasteiger partial charge in [0, 0.05) is 0 Å². The van der Waals surface area contributed by atoms with E-state index in [0.29, 0.717) is 0 Å². The SMILES string of the molecule is CCCCCCCCC([CH]C(CCCC)CCCCCCCC)CCCC. The summed E-state index contributed by atoms with van der Waals surface area (Å²) < 4.78 is 0. The van der Waals surface area contributed by atoms with E-state index in [9.17, 15) is 0 Å². The highest BCUT2D eigenvalue weighted by molar-refractivity contribution is 4.84. The van der Waals surface area contributed by atoms with Crippen molar-refractivity contribution >= 4 is 0 Å². The van der Waals surface area contributed by atoms with Crippen LogP contribution in [0.15, 0.2) is 0 Å². The van der Waals surface area contributed by atoms with E-state index in [1.54, 1.807) is 0 Å². The van der Waals surface area contributed by atoms with Crippen LogP contribution < -0.4 is 0 Å². The standard InChI is InChI=1S/C27H55/c1-5-9-13-15-17-19-23-26(21-11-7-3)25-27(22-12-8-4)24-20-18-16-14-10-6-2/h25-27H,5-24H2,1-4H3. The average Bonchev–Trinajstić information content (AvgIpc) is 2.68. The molecule has 0 aliphatic heterocycles. The van der Waals surface area contributed by atoms with Crippen molar-refractivity contribution in [2.24, 2.45) is 11.8 Å². The summed E-state index contributed by atoms with van der Waals surface area (Å²) in [6.45, 7) is 9.34. The van der Waals surface area contributed by atoms with Gasteiger partial charge in [0.25, 0.3) is 0 Å². The third kappa shape index (κ3) is 19.1. The van der Waals surface area contributed by atoms with E-state index in [0.717, 1.165) is 11.8 Å². The lowest BCUT2D eigenvalue weighted by Gasteiger charge is -2.24. The molecular weight excluding hydrogens is 324 g/mol. The summed E-state index contributed by atoms with van der Waals surface area (Å²) in [6.07, 6.45) is 31.5. The molecule has 0 heteroatoms. The smallest absolute Gasteiger partial charge is 0.0324 e. The minimum Gasteiger partial charge on any atom is -0.0654 e. The number of rotatable bonds is 22. The zero-order chi connectivity index (χ0) is 20.0. The molecule has 2 unspecified atom stereocenters. The normalized spacial score (nSPS) is 13.8. The van der Waals surface area contributed by atoms with Crippen molar-refractivity contribution < 1.29 is 0 Å². The molecule has 0 saturated heterocycles. The summed E-state index contributed by atoms with van der Waals surface area (Å²) in [5.41, 5.74) is 0. The molecule has 0 spiro atoms. The Labute approximate surface area is 174 Å². The molecule has 0 N–H and O–H groups in total. The highest BCUT2D eigenvalue weighted by Crippen LogP contribution is 2.29. The van der Waals surface area contributed by atoms with Crippen LogP contribution in [0.4, 0.5) is 0 Å². The van der Waals surface area contributed by atoms with Gasteiger partial charge in [-0.05, 0) is 18.3 Å². The molecule has 27 heavy (non-hydrogen) atoms. The van der Waals surface area contributed by atoms with E-state index in [-0.39, 0.29) is 0 Å². The lowest BCUT2D eigenvalue weighted by molar-refractivity contribution is 0.370. The fraction of sp³-hybridized carbons (Fsp3) is 0.963. The molecule has 0 aliphatic rings. The predicted molar refractivity (Wildman–Crippen MR) is 126 cm³/mol. The van der Waals surface area contributed by atoms with Crippen molar-refractivity contribution in [2.45, 2.75) is 156 Å². The Morgan fingerprint density at radius 3 is 1.04 bits per heavy atom. The van der Waals surface area contributed by atoms with E-state index in [1.807, 2.05) is 0 Å². The first kappa shape index (κ1) is 27.0. The Balaban J connectivity index is 4.20. The number of hydrogen-bond acceptors (Lipinski definition) is 0. The minimum absolute atomic E-state index is 0.901. The van der Waals surface area contributed by atoms with E-state index in [4.69, 9.17) is 0 Å². The second-order valence-corrected chi connectivity index (χ2v) is 9.11. The molecule has 0 nitrogen and oxygen atoms in total. The van der Waals surface area contributed by atoms with Gasteiger partial charge >= 0.3 is 0 Å². The maximum atomic E-state index is 2.84. The van der Waals surface area contributed by atoms with Gasteiger partial charge in [-0.25, -0.2) is 0 Å². The Bertz CT molecular complexity index is 231. The van der Waals surface area contributed by atoms with Crippen molar-refractivity contribution in [1.82, 2.24) is 0 Å². The van der Waals surface area contributed by atoms with Gasteiger partial charge in [0.05, 0.1) is 0 Å². The molecule has 0 bridgehead atoms. The summed E-state index contributed by atoms with van der Waals surface area (Å²) in [6, 6.07) is 0. The van der Waals surface area contributed by atoms with Crippen molar-refractivity contribution in [2.75, 3.05) is 0 Å². The van der Waals surface area contributed by atoms with E-state index in [2.05, 4.69) is 34.1 Å². The first-order chi connectivity index (χ1) is 13.3. The lowest BCUT2D eigenvalue weighted by Crippen LogP contribution is -2.11. The van der Waals surface area contributed by atoms with Crippen molar-refractivity contribution in [3.63, 3.8) is 0 Å². The van der Waals surface area contributed by atoms with Crippen molar-refractivity contribution in [3.05, 3.63) is 6.42 Å². The Kier molecular flexibility index (Phi) is 22.3. The van der Waals surface area contributed by atoms with Gasteiger partial charge in [0.15, 0.2) is 0 Å². The third-order valence-corrected chi connectivity index (χ3v) is 6.26. The van der Waals surface area contributed by atoms with Gasteiger partial charge in [-0.3, -0.25) is 0 Å². The molecule has 0 rings (SSSR count). The fourth-order valence-corrected chi connectivity index (χ4v) is 4.36. The van der Waals surface area contributed by atoms with Crippen LogP contribution >= 0.6 is 0 Å². The van der Waals surface area contributed by atoms with Crippen LogP contribution in [0.25, 0.3) is 0 Å². The molecule has 0 heterocycles. The summed E-state index contributed by atoms with van der Waals surface area (Å²) >= 11 is 0. The maximum Gasteiger partial charge on any atom is -0.0324 e. The first-order valence-corrected chi connectivity index (χ1v) is 13.1. The highest BCUT2D eigenvalue weighted by Gasteiger charge is 2.16. The first-order valence-electron chi connectivity index (χ1n) is 13.1. The zero-order valence-electron chi connectivity index (χ0n) is 19.9. The van der Waals surface area contributed by atoms with E-state index in [1.165, 1.54) is 128 Å². The summed E-state index contributed by atoms with van der Waals surface area (Å²) in [5.74, 6) is 1.80. The fourth-order valence-electron chi connectivity index (χ4n) is 4.36. The van der Waals surface area contributed by atoms with Gasteiger partial charge in [-0.15, -0.1) is 0 Å². The molecule has 1 radical (unpaired) electrons. The minimum atomic E-state index is 0.901. The summed E-state index contributed by atoms with van der Waals surface area (Å²) in [7, 11) is 0. The van der Waals surface area contributed by atoms with Gasteiger partial charge < -0.3 is 0 Å². The Morgan fingerprint density at radius 1 is 0.370 bits per heavy atom. The second-order valence-electron chi connectivity index (χ2n) is 9.11.